The van der Waals surface area contributed by atoms with E-state index in [2.05, 4.69) is 16.0 Å². The third-order valence-corrected chi connectivity index (χ3v) is 3.41. The van der Waals surface area contributed by atoms with Gasteiger partial charge in [0.2, 0.25) is 5.91 Å². The minimum absolute atomic E-state index is 0.0923. The number of rotatable bonds is 3. The molecule has 24 heavy (non-hydrogen) atoms. The van der Waals surface area contributed by atoms with Crippen LogP contribution in [0.5, 0.6) is 0 Å². The summed E-state index contributed by atoms with van der Waals surface area (Å²) in [5, 5.41) is 8.86. The molecule has 0 aromatic heterocycles. The first-order valence-corrected chi connectivity index (χ1v) is 7.87. The molecule has 0 fully saturated rings. The zero-order valence-corrected chi connectivity index (χ0v) is 14.6. The van der Waals surface area contributed by atoms with E-state index < -0.39 is 5.41 Å². The van der Waals surface area contributed by atoms with Crippen LogP contribution in [0, 0.1) is 5.41 Å². The summed E-state index contributed by atoms with van der Waals surface area (Å²) in [4.78, 5) is 24.0. The highest BCUT2D eigenvalue weighted by atomic mass is 35.5. The molecule has 0 unspecified atom stereocenters. The van der Waals surface area contributed by atoms with Gasteiger partial charge in [-0.1, -0.05) is 38.4 Å². The number of hydrogen-bond acceptors (Lipinski definition) is 2. The molecule has 0 aliphatic rings. The second-order valence-electron chi connectivity index (χ2n) is 6.37. The van der Waals surface area contributed by atoms with Crippen LogP contribution in [0.15, 0.2) is 48.5 Å². The van der Waals surface area contributed by atoms with Crippen molar-refractivity contribution in [1.29, 1.82) is 0 Å². The quantitative estimate of drug-likeness (QED) is 0.735. The molecule has 2 rings (SSSR count). The van der Waals surface area contributed by atoms with E-state index in [1.807, 2.05) is 20.8 Å². The number of urea groups is 1. The molecule has 0 atom stereocenters. The molecule has 3 amide bonds. The molecular formula is C18H20ClN3O2. The van der Waals surface area contributed by atoms with E-state index in [4.69, 9.17) is 11.6 Å². The van der Waals surface area contributed by atoms with E-state index >= 15 is 0 Å². The zero-order valence-electron chi connectivity index (χ0n) is 13.8. The van der Waals surface area contributed by atoms with Crippen molar-refractivity contribution in [3.63, 3.8) is 0 Å². The van der Waals surface area contributed by atoms with Gasteiger partial charge >= 0.3 is 6.03 Å². The van der Waals surface area contributed by atoms with Crippen LogP contribution >= 0.6 is 11.6 Å². The standard InChI is InChI=1S/C18H20ClN3O2/c1-18(2,3)16(23)20-14-5-4-6-15(11-14)22-17(24)21-13-9-7-12(19)8-10-13/h4-11H,1-3H3,(H,20,23)(H2,21,22,24). The number of hydrogen-bond donors (Lipinski definition) is 3. The first-order valence-electron chi connectivity index (χ1n) is 7.49. The first-order chi connectivity index (χ1) is 11.2. The summed E-state index contributed by atoms with van der Waals surface area (Å²) in [6, 6.07) is 13.4. The van der Waals surface area contributed by atoms with Crippen LogP contribution in [0.2, 0.25) is 5.02 Å². The monoisotopic (exact) mass is 345 g/mol. The zero-order chi connectivity index (χ0) is 17.7. The molecule has 126 valence electrons. The highest BCUT2D eigenvalue weighted by molar-refractivity contribution is 6.30. The Morgan fingerprint density at radius 1 is 0.833 bits per heavy atom. The molecule has 0 radical (unpaired) electrons. The van der Waals surface area contributed by atoms with Crippen LogP contribution in [-0.2, 0) is 4.79 Å². The Bertz CT molecular complexity index is 737. The van der Waals surface area contributed by atoms with Crippen LogP contribution in [0.4, 0.5) is 21.9 Å². The molecule has 3 N–H and O–H groups in total. The van der Waals surface area contributed by atoms with Crippen molar-refractivity contribution in [2.75, 3.05) is 16.0 Å². The van der Waals surface area contributed by atoms with Crippen LogP contribution in [0.1, 0.15) is 20.8 Å². The Hall–Kier alpha value is -2.53. The van der Waals surface area contributed by atoms with Gasteiger partial charge in [-0.3, -0.25) is 4.79 Å². The fourth-order valence-corrected chi connectivity index (χ4v) is 1.95. The highest BCUT2D eigenvalue weighted by Gasteiger charge is 2.21. The van der Waals surface area contributed by atoms with Gasteiger partial charge in [0.15, 0.2) is 0 Å². The minimum atomic E-state index is -0.491. The second kappa shape index (κ2) is 7.36. The molecule has 0 aliphatic heterocycles. The fraction of sp³-hybridized carbons (Fsp3) is 0.222. The minimum Gasteiger partial charge on any atom is -0.326 e. The maximum Gasteiger partial charge on any atom is 0.323 e. The van der Waals surface area contributed by atoms with Crippen molar-refractivity contribution in [1.82, 2.24) is 0 Å². The molecule has 2 aromatic rings. The lowest BCUT2D eigenvalue weighted by atomic mass is 9.95. The summed E-state index contributed by atoms with van der Waals surface area (Å²) in [5.74, 6) is -0.0923. The molecule has 0 saturated carbocycles. The van der Waals surface area contributed by atoms with E-state index in [9.17, 15) is 9.59 Å². The van der Waals surface area contributed by atoms with Crippen LogP contribution in [0.25, 0.3) is 0 Å². The lowest BCUT2D eigenvalue weighted by molar-refractivity contribution is -0.123. The van der Waals surface area contributed by atoms with Crippen molar-refractivity contribution in [2.24, 2.45) is 5.41 Å². The van der Waals surface area contributed by atoms with Crippen molar-refractivity contribution < 1.29 is 9.59 Å². The molecule has 5 nitrogen and oxygen atoms in total. The fourth-order valence-electron chi connectivity index (χ4n) is 1.82. The summed E-state index contributed by atoms with van der Waals surface area (Å²) in [6.07, 6.45) is 0. The van der Waals surface area contributed by atoms with Crippen molar-refractivity contribution in [3.8, 4) is 0 Å². The molecule has 0 spiro atoms. The van der Waals surface area contributed by atoms with Crippen molar-refractivity contribution in [3.05, 3.63) is 53.6 Å². The molecule has 2 aromatic carbocycles. The second-order valence-corrected chi connectivity index (χ2v) is 6.81. The summed E-state index contributed by atoms with van der Waals surface area (Å²) < 4.78 is 0. The third-order valence-electron chi connectivity index (χ3n) is 3.16. The Morgan fingerprint density at radius 2 is 1.38 bits per heavy atom. The molecule has 0 aliphatic carbocycles. The van der Waals surface area contributed by atoms with Gasteiger partial charge in [-0.2, -0.15) is 0 Å². The number of halogens is 1. The van der Waals surface area contributed by atoms with Gasteiger partial charge in [-0.05, 0) is 42.5 Å². The van der Waals surface area contributed by atoms with Crippen LogP contribution < -0.4 is 16.0 Å². The largest absolute Gasteiger partial charge is 0.326 e. The Morgan fingerprint density at radius 3 is 1.96 bits per heavy atom. The van der Waals surface area contributed by atoms with E-state index in [0.29, 0.717) is 22.1 Å². The topological polar surface area (TPSA) is 70.2 Å². The molecular weight excluding hydrogens is 326 g/mol. The van der Waals surface area contributed by atoms with Crippen molar-refractivity contribution >= 4 is 40.6 Å². The van der Waals surface area contributed by atoms with E-state index in [1.54, 1.807) is 48.5 Å². The third kappa shape index (κ3) is 5.28. The summed E-state index contributed by atoms with van der Waals surface area (Å²) in [7, 11) is 0. The average molecular weight is 346 g/mol. The molecule has 0 bridgehead atoms. The van der Waals surface area contributed by atoms with Crippen LogP contribution in [-0.4, -0.2) is 11.9 Å². The van der Waals surface area contributed by atoms with E-state index in [0.717, 1.165) is 0 Å². The predicted octanol–water partition coefficient (Wildman–Crippen LogP) is 4.97. The van der Waals surface area contributed by atoms with Gasteiger partial charge in [0.1, 0.15) is 0 Å². The average Bonchev–Trinajstić information content (AvgIpc) is 2.49. The summed E-state index contributed by atoms with van der Waals surface area (Å²) in [5.41, 5.74) is 1.34. The maximum atomic E-state index is 12.0. The van der Waals surface area contributed by atoms with Crippen LogP contribution in [0.3, 0.4) is 0 Å². The Kier molecular flexibility index (Phi) is 5.46. The van der Waals surface area contributed by atoms with Gasteiger partial charge in [0, 0.05) is 27.5 Å². The number of carbonyl (C=O) groups excluding carboxylic acids is 2. The van der Waals surface area contributed by atoms with Gasteiger partial charge in [-0.15, -0.1) is 0 Å². The Labute approximate surface area is 146 Å². The maximum absolute atomic E-state index is 12.0. The van der Waals surface area contributed by atoms with Gasteiger partial charge in [0.05, 0.1) is 0 Å². The van der Waals surface area contributed by atoms with E-state index in [1.165, 1.54) is 0 Å². The van der Waals surface area contributed by atoms with Gasteiger partial charge < -0.3 is 16.0 Å². The summed E-state index contributed by atoms with van der Waals surface area (Å²) in [6.45, 7) is 5.51. The molecule has 6 heteroatoms. The highest BCUT2D eigenvalue weighted by Crippen LogP contribution is 2.20. The van der Waals surface area contributed by atoms with Gasteiger partial charge in [-0.25, -0.2) is 4.79 Å². The van der Waals surface area contributed by atoms with E-state index in [-0.39, 0.29) is 11.9 Å². The lowest BCUT2D eigenvalue weighted by Crippen LogP contribution is -2.27. The predicted molar refractivity (Wildman–Crippen MR) is 98.6 cm³/mol. The lowest BCUT2D eigenvalue weighted by Gasteiger charge is -2.18. The number of carbonyl (C=O) groups is 2. The SMILES string of the molecule is CC(C)(C)C(=O)Nc1cccc(NC(=O)Nc2ccc(Cl)cc2)c1. The Balaban J connectivity index is 1.99. The van der Waals surface area contributed by atoms with Crippen molar-refractivity contribution in [2.45, 2.75) is 20.8 Å². The normalized spacial score (nSPS) is 10.8. The summed E-state index contributed by atoms with van der Waals surface area (Å²) >= 11 is 5.81. The number of nitrogens with one attached hydrogen (secondary N) is 3. The number of anilines is 3. The molecule has 0 heterocycles. The first kappa shape index (κ1) is 17.8. The number of benzene rings is 2. The molecule has 0 saturated heterocycles. The van der Waals surface area contributed by atoms with Gasteiger partial charge in [0.25, 0.3) is 0 Å². The number of amides is 3. The smallest absolute Gasteiger partial charge is 0.323 e.